The maximum Gasteiger partial charge on any atom is 0.262 e. The van der Waals surface area contributed by atoms with Crippen LogP contribution in [-0.2, 0) is 14.8 Å². The van der Waals surface area contributed by atoms with Gasteiger partial charge in [0.05, 0.1) is 11.5 Å². The zero-order valence-electron chi connectivity index (χ0n) is 17.2. The quantitative estimate of drug-likeness (QED) is 0.579. The number of hydrogen-bond acceptors (Lipinski definition) is 5. The second-order valence-electron chi connectivity index (χ2n) is 7.15. The molecular formula is C22H28N2O5S. The van der Waals surface area contributed by atoms with E-state index in [9.17, 15) is 13.2 Å². The first-order valence-corrected chi connectivity index (χ1v) is 11.7. The first kappa shape index (κ1) is 22.1. The van der Waals surface area contributed by atoms with E-state index in [1.165, 1.54) is 16.4 Å². The molecule has 8 heteroatoms. The number of carbonyl (C=O) groups excluding carboxylic acids is 1. The summed E-state index contributed by atoms with van der Waals surface area (Å²) in [6.07, 6.45) is 3.86. The summed E-state index contributed by atoms with van der Waals surface area (Å²) in [4.78, 5) is 12.4. The van der Waals surface area contributed by atoms with Crippen molar-refractivity contribution < 1.29 is 22.7 Å². The topological polar surface area (TPSA) is 84.9 Å². The van der Waals surface area contributed by atoms with Crippen LogP contribution >= 0.6 is 0 Å². The van der Waals surface area contributed by atoms with E-state index in [4.69, 9.17) is 9.47 Å². The van der Waals surface area contributed by atoms with Crippen molar-refractivity contribution in [3.63, 3.8) is 0 Å². The number of sulfonamides is 1. The van der Waals surface area contributed by atoms with Gasteiger partial charge in [0.2, 0.25) is 10.0 Å². The molecular weight excluding hydrogens is 404 g/mol. The lowest BCUT2D eigenvalue weighted by atomic mass is 10.3. The molecule has 0 saturated carbocycles. The van der Waals surface area contributed by atoms with Crippen molar-refractivity contribution in [1.29, 1.82) is 0 Å². The van der Waals surface area contributed by atoms with Gasteiger partial charge in [0.1, 0.15) is 11.5 Å². The number of hydrogen-bond donors (Lipinski definition) is 1. The Morgan fingerprint density at radius 1 is 0.967 bits per heavy atom. The Morgan fingerprint density at radius 3 is 2.17 bits per heavy atom. The van der Waals surface area contributed by atoms with Crippen LogP contribution in [0.1, 0.15) is 32.6 Å². The van der Waals surface area contributed by atoms with Gasteiger partial charge in [-0.1, -0.05) is 13.3 Å². The molecule has 2 aromatic carbocycles. The van der Waals surface area contributed by atoms with Crippen LogP contribution in [0.5, 0.6) is 11.5 Å². The molecule has 162 valence electrons. The van der Waals surface area contributed by atoms with Crippen molar-refractivity contribution in [2.24, 2.45) is 0 Å². The van der Waals surface area contributed by atoms with Crippen LogP contribution in [0.3, 0.4) is 0 Å². The van der Waals surface area contributed by atoms with E-state index in [0.717, 1.165) is 31.4 Å². The molecule has 0 atom stereocenters. The molecule has 0 spiro atoms. The molecule has 0 aromatic heterocycles. The first-order valence-electron chi connectivity index (χ1n) is 10.2. The monoisotopic (exact) mass is 432 g/mol. The predicted molar refractivity (Wildman–Crippen MR) is 115 cm³/mol. The summed E-state index contributed by atoms with van der Waals surface area (Å²) in [5, 5.41) is 2.71. The fourth-order valence-corrected chi connectivity index (χ4v) is 4.62. The molecule has 7 nitrogen and oxygen atoms in total. The Labute approximate surface area is 178 Å². The summed E-state index contributed by atoms with van der Waals surface area (Å²) in [6, 6.07) is 13.3. The number of benzene rings is 2. The second kappa shape index (κ2) is 10.4. The number of ether oxygens (including phenoxy) is 2. The van der Waals surface area contributed by atoms with Crippen molar-refractivity contribution in [3.05, 3.63) is 48.5 Å². The molecule has 1 saturated heterocycles. The molecule has 0 bridgehead atoms. The van der Waals surface area contributed by atoms with Crippen molar-refractivity contribution >= 4 is 21.6 Å². The molecule has 1 N–H and O–H groups in total. The van der Waals surface area contributed by atoms with E-state index in [-0.39, 0.29) is 17.4 Å². The Balaban J connectivity index is 1.48. The predicted octanol–water partition coefficient (Wildman–Crippen LogP) is 3.67. The van der Waals surface area contributed by atoms with E-state index < -0.39 is 10.0 Å². The number of carbonyl (C=O) groups is 1. The normalized spacial score (nSPS) is 14.4. The molecule has 0 radical (unpaired) electrons. The number of unbranched alkanes of at least 4 members (excludes halogenated alkanes) is 1. The lowest BCUT2D eigenvalue weighted by Gasteiger charge is -2.15. The lowest BCUT2D eigenvalue weighted by Crippen LogP contribution is -2.27. The zero-order chi connectivity index (χ0) is 21.4. The van der Waals surface area contributed by atoms with Gasteiger partial charge < -0.3 is 14.8 Å². The summed E-state index contributed by atoms with van der Waals surface area (Å²) in [5.41, 5.74) is 0.517. The average Bonchev–Trinajstić information content (AvgIpc) is 3.30. The fraction of sp³-hybridized carbons (Fsp3) is 0.409. The van der Waals surface area contributed by atoms with E-state index in [1.54, 1.807) is 24.3 Å². The smallest absolute Gasteiger partial charge is 0.262 e. The number of amides is 1. The molecule has 1 amide bonds. The molecule has 3 rings (SSSR count). The summed E-state index contributed by atoms with van der Waals surface area (Å²) in [7, 11) is -3.46. The van der Waals surface area contributed by atoms with Gasteiger partial charge in [0.25, 0.3) is 5.91 Å². The molecule has 30 heavy (non-hydrogen) atoms. The second-order valence-corrected chi connectivity index (χ2v) is 9.08. The highest BCUT2D eigenvalue weighted by atomic mass is 32.2. The van der Waals surface area contributed by atoms with Crippen LogP contribution in [0.15, 0.2) is 53.4 Å². The van der Waals surface area contributed by atoms with Gasteiger partial charge in [-0.2, -0.15) is 4.31 Å². The third-order valence-electron chi connectivity index (χ3n) is 4.80. The van der Waals surface area contributed by atoms with Crippen molar-refractivity contribution in [2.75, 3.05) is 31.6 Å². The van der Waals surface area contributed by atoms with Crippen LogP contribution in [0.2, 0.25) is 0 Å². The van der Waals surface area contributed by atoms with Crippen molar-refractivity contribution in [3.8, 4) is 11.5 Å². The summed E-state index contributed by atoms with van der Waals surface area (Å²) < 4.78 is 37.7. The van der Waals surface area contributed by atoms with E-state index in [2.05, 4.69) is 12.2 Å². The maximum absolute atomic E-state index is 12.5. The molecule has 1 aliphatic rings. The molecule has 1 heterocycles. The Morgan fingerprint density at radius 2 is 1.57 bits per heavy atom. The van der Waals surface area contributed by atoms with E-state index >= 15 is 0 Å². The van der Waals surface area contributed by atoms with Gasteiger partial charge in [0.15, 0.2) is 6.61 Å². The summed E-state index contributed by atoms with van der Waals surface area (Å²) in [6.45, 7) is 3.76. The molecule has 0 aliphatic carbocycles. The van der Waals surface area contributed by atoms with Crippen LogP contribution in [0, 0.1) is 0 Å². The summed E-state index contributed by atoms with van der Waals surface area (Å²) >= 11 is 0. The van der Waals surface area contributed by atoms with E-state index in [0.29, 0.717) is 31.1 Å². The maximum atomic E-state index is 12.5. The van der Waals surface area contributed by atoms with Crippen LogP contribution in [0.25, 0.3) is 0 Å². The SMILES string of the molecule is CCCCOc1ccc(OCC(=O)Nc2ccc(S(=O)(=O)N3CCCC3)cc2)cc1. The number of rotatable bonds is 10. The largest absolute Gasteiger partial charge is 0.494 e. The van der Waals surface area contributed by atoms with Gasteiger partial charge in [-0.05, 0) is 67.8 Å². The molecule has 2 aromatic rings. The van der Waals surface area contributed by atoms with Gasteiger partial charge in [-0.15, -0.1) is 0 Å². The van der Waals surface area contributed by atoms with Crippen molar-refractivity contribution in [2.45, 2.75) is 37.5 Å². The first-order chi connectivity index (χ1) is 14.5. The van der Waals surface area contributed by atoms with Gasteiger partial charge in [-0.3, -0.25) is 4.79 Å². The molecule has 1 fully saturated rings. The highest BCUT2D eigenvalue weighted by Gasteiger charge is 2.26. The molecule has 1 aliphatic heterocycles. The van der Waals surface area contributed by atoms with Crippen LogP contribution in [-0.4, -0.2) is 44.9 Å². The fourth-order valence-electron chi connectivity index (χ4n) is 3.10. The Bertz CT molecular complexity index is 921. The van der Waals surface area contributed by atoms with Gasteiger partial charge in [0, 0.05) is 18.8 Å². The highest BCUT2D eigenvalue weighted by Crippen LogP contribution is 2.22. The minimum atomic E-state index is -3.46. The number of nitrogens with zero attached hydrogens (tertiary/aromatic N) is 1. The Kier molecular flexibility index (Phi) is 7.70. The Hall–Kier alpha value is -2.58. The number of anilines is 1. The standard InChI is InChI=1S/C22H28N2O5S/c1-2-3-16-28-19-8-10-20(11-9-19)29-17-22(25)23-18-6-12-21(13-7-18)30(26,27)24-14-4-5-15-24/h6-13H,2-5,14-17H2,1H3,(H,23,25). The molecule has 0 unspecified atom stereocenters. The highest BCUT2D eigenvalue weighted by molar-refractivity contribution is 7.89. The lowest BCUT2D eigenvalue weighted by molar-refractivity contribution is -0.118. The van der Waals surface area contributed by atoms with Crippen LogP contribution in [0.4, 0.5) is 5.69 Å². The van der Waals surface area contributed by atoms with E-state index in [1.807, 2.05) is 12.1 Å². The average molecular weight is 433 g/mol. The minimum absolute atomic E-state index is 0.149. The van der Waals surface area contributed by atoms with Gasteiger partial charge >= 0.3 is 0 Å². The van der Waals surface area contributed by atoms with Crippen molar-refractivity contribution in [1.82, 2.24) is 4.31 Å². The van der Waals surface area contributed by atoms with Gasteiger partial charge in [-0.25, -0.2) is 8.42 Å². The van der Waals surface area contributed by atoms with Crippen LogP contribution < -0.4 is 14.8 Å². The third-order valence-corrected chi connectivity index (χ3v) is 6.71. The third kappa shape index (κ3) is 5.96. The summed E-state index contributed by atoms with van der Waals surface area (Å²) in [5.74, 6) is 1.01. The zero-order valence-corrected chi connectivity index (χ0v) is 18.0. The number of nitrogens with one attached hydrogen (secondary N) is 1. The minimum Gasteiger partial charge on any atom is -0.494 e.